The van der Waals surface area contributed by atoms with Gasteiger partial charge in [0.05, 0.1) is 17.8 Å². The zero-order valence-electron chi connectivity index (χ0n) is 13.8. The van der Waals surface area contributed by atoms with Crippen LogP contribution in [0.3, 0.4) is 0 Å². The topological polar surface area (TPSA) is 54.0 Å². The van der Waals surface area contributed by atoms with Gasteiger partial charge in [0.25, 0.3) is 6.47 Å². The van der Waals surface area contributed by atoms with Gasteiger partial charge in [-0.2, -0.15) is 0 Å². The largest absolute Gasteiger partial charge is 0.494 e. The number of hydrogen-bond acceptors (Lipinski definition) is 5. The molecule has 2 rings (SSSR count). The van der Waals surface area contributed by atoms with Crippen molar-refractivity contribution in [3.63, 3.8) is 0 Å². The van der Waals surface area contributed by atoms with Crippen LogP contribution in [0.1, 0.15) is 38.8 Å². The van der Waals surface area contributed by atoms with Crippen LogP contribution in [-0.4, -0.2) is 31.9 Å². The fraction of sp³-hybridized carbons (Fsp3) is 0.562. The summed E-state index contributed by atoms with van der Waals surface area (Å²) in [6.45, 7) is 9.20. The van der Waals surface area contributed by atoms with Gasteiger partial charge in [0.2, 0.25) is 0 Å². The van der Waals surface area contributed by atoms with Gasteiger partial charge in [0, 0.05) is 7.11 Å². The van der Waals surface area contributed by atoms with Crippen LogP contribution in [0.25, 0.3) is 0 Å². The van der Waals surface area contributed by atoms with E-state index >= 15 is 0 Å². The van der Waals surface area contributed by atoms with E-state index in [0.29, 0.717) is 13.1 Å². The summed E-state index contributed by atoms with van der Waals surface area (Å²) in [5.74, 6) is 0. The van der Waals surface area contributed by atoms with E-state index in [9.17, 15) is 4.79 Å². The van der Waals surface area contributed by atoms with Gasteiger partial charge in [-0.3, -0.25) is 4.79 Å². The van der Waals surface area contributed by atoms with Crippen molar-refractivity contribution in [1.82, 2.24) is 0 Å². The molecule has 0 aromatic heterocycles. The normalized spacial score (nSPS) is 19.2. The third-order valence-corrected chi connectivity index (χ3v) is 4.36. The van der Waals surface area contributed by atoms with Crippen molar-refractivity contribution in [3.05, 3.63) is 29.3 Å². The number of rotatable bonds is 6. The summed E-state index contributed by atoms with van der Waals surface area (Å²) in [6, 6.07) is 5.83. The van der Waals surface area contributed by atoms with Crippen LogP contribution in [0.15, 0.2) is 18.2 Å². The van der Waals surface area contributed by atoms with E-state index in [0.717, 1.165) is 16.6 Å². The van der Waals surface area contributed by atoms with E-state index in [1.165, 1.54) is 0 Å². The summed E-state index contributed by atoms with van der Waals surface area (Å²) >= 11 is 0. The van der Waals surface area contributed by atoms with Gasteiger partial charge in [-0.15, -0.1) is 0 Å². The standard InChI is InChI=1S/C16H23BO5/c1-15(2)16(3,4)22-17(21-15)14-7-6-12(10-20-11-18)13(8-14)9-19-5/h6-8,11H,9-10H2,1-5H3. The summed E-state index contributed by atoms with van der Waals surface area (Å²) < 4.78 is 22.2. The first-order valence-electron chi connectivity index (χ1n) is 7.32. The molecule has 0 spiro atoms. The molecule has 6 heteroatoms. The average molecular weight is 306 g/mol. The second-order valence-electron chi connectivity index (χ2n) is 6.46. The van der Waals surface area contributed by atoms with Crippen molar-refractivity contribution in [2.24, 2.45) is 0 Å². The average Bonchev–Trinajstić information content (AvgIpc) is 2.66. The minimum absolute atomic E-state index is 0.228. The minimum atomic E-state index is -0.415. The molecule has 120 valence electrons. The maximum atomic E-state index is 10.4. The third kappa shape index (κ3) is 3.34. The Kier molecular flexibility index (Phi) is 4.95. The quantitative estimate of drug-likeness (QED) is 0.592. The second-order valence-corrected chi connectivity index (χ2v) is 6.46. The summed E-state index contributed by atoms with van der Waals surface area (Å²) in [5, 5.41) is 0. The van der Waals surface area contributed by atoms with Crippen LogP contribution >= 0.6 is 0 Å². The molecule has 0 aliphatic carbocycles. The van der Waals surface area contributed by atoms with Gasteiger partial charge < -0.3 is 18.8 Å². The fourth-order valence-electron chi connectivity index (χ4n) is 2.33. The maximum absolute atomic E-state index is 10.4. The van der Waals surface area contributed by atoms with Gasteiger partial charge in [-0.25, -0.2) is 0 Å². The highest BCUT2D eigenvalue weighted by molar-refractivity contribution is 6.62. The Morgan fingerprint density at radius 3 is 2.27 bits per heavy atom. The molecule has 0 amide bonds. The molecule has 0 saturated carbocycles. The molecule has 0 unspecified atom stereocenters. The van der Waals surface area contributed by atoms with Gasteiger partial charge >= 0.3 is 7.12 Å². The predicted octanol–water partition coefficient (Wildman–Crippen LogP) is 1.81. The molecule has 1 saturated heterocycles. The summed E-state index contributed by atoms with van der Waals surface area (Å²) in [7, 11) is 1.22. The van der Waals surface area contributed by atoms with Crippen LogP contribution in [0.5, 0.6) is 0 Å². The zero-order chi connectivity index (χ0) is 16.4. The highest BCUT2D eigenvalue weighted by atomic mass is 16.7. The van der Waals surface area contributed by atoms with Crippen LogP contribution in [-0.2, 0) is 36.8 Å². The lowest BCUT2D eigenvalue weighted by atomic mass is 9.78. The van der Waals surface area contributed by atoms with Crippen LogP contribution in [0.2, 0.25) is 0 Å². The molecule has 5 nitrogen and oxygen atoms in total. The molecule has 0 bridgehead atoms. The fourth-order valence-corrected chi connectivity index (χ4v) is 2.33. The van der Waals surface area contributed by atoms with Crippen molar-refractivity contribution in [3.8, 4) is 0 Å². The first kappa shape index (κ1) is 17.0. The molecular formula is C16H23BO5. The van der Waals surface area contributed by atoms with E-state index < -0.39 is 7.12 Å². The van der Waals surface area contributed by atoms with E-state index in [1.54, 1.807) is 7.11 Å². The monoisotopic (exact) mass is 306 g/mol. The molecule has 1 fully saturated rings. The number of methoxy groups -OCH3 is 1. The Balaban J connectivity index is 2.26. The molecule has 0 atom stereocenters. The third-order valence-electron chi connectivity index (χ3n) is 4.36. The first-order valence-corrected chi connectivity index (χ1v) is 7.32. The molecule has 1 aromatic rings. The zero-order valence-corrected chi connectivity index (χ0v) is 13.8. The van der Waals surface area contributed by atoms with E-state index in [1.807, 2.05) is 45.9 Å². The first-order chi connectivity index (χ1) is 10.3. The molecule has 0 N–H and O–H groups in total. The van der Waals surface area contributed by atoms with Gasteiger partial charge in [0.15, 0.2) is 0 Å². The summed E-state index contributed by atoms with van der Waals surface area (Å²) in [4.78, 5) is 10.4. The van der Waals surface area contributed by atoms with E-state index in [2.05, 4.69) is 0 Å². The number of benzene rings is 1. The molecule has 1 aromatic carbocycles. The lowest BCUT2D eigenvalue weighted by molar-refractivity contribution is -0.129. The molecule has 0 radical (unpaired) electrons. The van der Waals surface area contributed by atoms with Crippen LogP contribution in [0, 0.1) is 0 Å². The predicted molar refractivity (Wildman–Crippen MR) is 83.7 cm³/mol. The van der Waals surface area contributed by atoms with Crippen LogP contribution < -0.4 is 5.46 Å². The number of carbonyl (C=O) groups excluding carboxylic acids is 1. The molecule has 1 aliphatic rings. The van der Waals surface area contributed by atoms with E-state index in [4.69, 9.17) is 18.8 Å². The number of hydrogen-bond donors (Lipinski definition) is 0. The molecular weight excluding hydrogens is 283 g/mol. The Labute approximate surface area is 132 Å². The maximum Gasteiger partial charge on any atom is 0.494 e. The van der Waals surface area contributed by atoms with Crippen molar-refractivity contribution >= 4 is 19.1 Å². The Bertz CT molecular complexity index is 525. The molecule has 22 heavy (non-hydrogen) atoms. The Morgan fingerprint density at radius 2 is 1.73 bits per heavy atom. The number of carbonyl (C=O) groups is 1. The van der Waals surface area contributed by atoms with Gasteiger partial charge in [0.1, 0.15) is 6.61 Å². The second kappa shape index (κ2) is 6.40. The smallest absolute Gasteiger partial charge is 0.463 e. The SMILES string of the molecule is COCc1cc(B2OC(C)(C)C(C)(C)O2)ccc1COC=O. The molecule has 1 heterocycles. The highest BCUT2D eigenvalue weighted by Gasteiger charge is 2.51. The summed E-state index contributed by atoms with van der Waals surface area (Å²) in [5.41, 5.74) is 2.04. The summed E-state index contributed by atoms with van der Waals surface area (Å²) in [6.07, 6.45) is 0. The van der Waals surface area contributed by atoms with Crippen molar-refractivity contribution in [2.75, 3.05) is 7.11 Å². The number of ether oxygens (including phenoxy) is 2. The lowest BCUT2D eigenvalue weighted by Crippen LogP contribution is -2.41. The van der Waals surface area contributed by atoms with E-state index in [-0.39, 0.29) is 17.8 Å². The molecule has 1 aliphatic heterocycles. The van der Waals surface area contributed by atoms with Gasteiger partial charge in [-0.1, -0.05) is 18.2 Å². The Morgan fingerprint density at radius 1 is 1.09 bits per heavy atom. The van der Waals surface area contributed by atoms with Crippen LogP contribution in [0.4, 0.5) is 0 Å². The lowest BCUT2D eigenvalue weighted by Gasteiger charge is -2.32. The van der Waals surface area contributed by atoms with Crippen molar-refractivity contribution in [2.45, 2.75) is 52.1 Å². The van der Waals surface area contributed by atoms with Gasteiger partial charge in [-0.05, 0) is 44.3 Å². The van der Waals surface area contributed by atoms with Crippen molar-refractivity contribution in [1.29, 1.82) is 0 Å². The minimum Gasteiger partial charge on any atom is -0.463 e. The Hall–Kier alpha value is -1.37. The highest BCUT2D eigenvalue weighted by Crippen LogP contribution is 2.36. The van der Waals surface area contributed by atoms with Crippen molar-refractivity contribution < 1.29 is 23.6 Å².